The lowest BCUT2D eigenvalue weighted by molar-refractivity contribution is 0.173. The maximum absolute atomic E-state index is 5.88. The first-order valence-corrected chi connectivity index (χ1v) is 6.50. The van der Waals surface area contributed by atoms with Gasteiger partial charge in [0.05, 0.1) is 6.61 Å². The van der Waals surface area contributed by atoms with Gasteiger partial charge in [0.15, 0.2) is 11.5 Å². The molecule has 4 nitrogen and oxygen atoms in total. The second kappa shape index (κ2) is 5.96. The Kier molecular flexibility index (Phi) is 4.31. The maximum Gasteiger partial charge on any atom is 0.231 e. The molecule has 0 radical (unpaired) electrons. The van der Waals surface area contributed by atoms with E-state index in [0.29, 0.717) is 19.1 Å². The first-order valence-electron chi connectivity index (χ1n) is 6.50. The zero-order chi connectivity index (χ0) is 13.0. The van der Waals surface area contributed by atoms with Crippen molar-refractivity contribution < 1.29 is 14.2 Å². The van der Waals surface area contributed by atoms with E-state index in [1.54, 1.807) is 0 Å². The average molecular weight is 251 g/mol. The third-order valence-corrected chi connectivity index (χ3v) is 3.19. The topological polar surface area (TPSA) is 53.7 Å². The van der Waals surface area contributed by atoms with Crippen molar-refractivity contribution in [1.29, 1.82) is 0 Å². The lowest BCUT2D eigenvalue weighted by Crippen LogP contribution is -2.10. The van der Waals surface area contributed by atoms with E-state index in [1.807, 2.05) is 12.1 Å². The summed E-state index contributed by atoms with van der Waals surface area (Å²) >= 11 is 0. The molecule has 2 N–H and O–H groups in total. The molecule has 2 rings (SSSR count). The quantitative estimate of drug-likeness (QED) is 0.843. The zero-order valence-corrected chi connectivity index (χ0v) is 11.1. The van der Waals surface area contributed by atoms with Gasteiger partial charge in [-0.1, -0.05) is 20.3 Å². The SMILES string of the molecule is CCC(C)COc1cc2c(cc1CCN)OCO2. The lowest BCUT2D eigenvalue weighted by Gasteiger charge is -2.15. The number of nitrogens with two attached hydrogens (primary N) is 1. The molecule has 1 atom stereocenters. The number of ether oxygens (including phenoxy) is 3. The van der Waals surface area contributed by atoms with Crippen LogP contribution in [0.1, 0.15) is 25.8 Å². The summed E-state index contributed by atoms with van der Waals surface area (Å²) in [7, 11) is 0. The molecule has 1 aliphatic heterocycles. The van der Waals surface area contributed by atoms with Crippen molar-refractivity contribution in [3.05, 3.63) is 17.7 Å². The van der Waals surface area contributed by atoms with Crippen molar-refractivity contribution in [1.82, 2.24) is 0 Å². The fourth-order valence-electron chi connectivity index (χ4n) is 1.80. The molecule has 0 bridgehead atoms. The van der Waals surface area contributed by atoms with Crippen LogP contribution in [0.3, 0.4) is 0 Å². The van der Waals surface area contributed by atoms with Crippen LogP contribution in [0.5, 0.6) is 17.2 Å². The molecule has 4 heteroatoms. The Bertz CT molecular complexity index is 406. The number of fused-ring (bicyclic) bond motifs is 1. The lowest BCUT2D eigenvalue weighted by atomic mass is 10.1. The Morgan fingerprint density at radius 2 is 2.06 bits per heavy atom. The van der Waals surface area contributed by atoms with E-state index >= 15 is 0 Å². The fourth-order valence-corrected chi connectivity index (χ4v) is 1.80. The van der Waals surface area contributed by atoms with Crippen LogP contribution in [0.2, 0.25) is 0 Å². The summed E-state index contributed by atoms with van der Waals surface area (Å²) in [5.74, 6) is 2.95. The largest absolute Gasteiger partial charge is 0.493 e. The number of hydrogen-bond donors (Lipinski definition) is 1. The molecule has 18 heavy (non-hydrogen) atoms. The van der Waals surface area contributed by atoms with Gasteiger partial charge in [0, 0.05) is 6.07 Å². The molecule has 0 aliphatic carbocycles. The van der Waals surface area contributed by atoms with Gasteiger partial charge in [0.25, 0.3) is 0 Å². The molecule has 100 valence electrons. The highest BCUT2D eigenvalue weighted by molar-refractivity contribution is 5.52. The summed E-state index contributed by atoms with van der Waals surface area (Å²) in [6.07, 6.45) is 1.89. The van der Waals surface area contributed by atoms with E-state index in [2.05, 4.69) is 13.8 Å². The van der Waals surface area contributed by atoms with Gasteiger partial charge in [0.2, 0.25) is 6.79 Å². The molecule has 0 saturated carbocycles. The van der Waals surface area contributed by atoms with Crippen LogP contribution in [0.15, 0.2) is 12.1 Å². The Labute approximate surface area is 108 Å². The summed E-state index contributed by atoms with van der Waals surface area (Å²) in [5, 5.41) is 0. The Morgan fingerprint density at radius 3 is 2.72 bits per heavy atom. The maximum atomic E-state index is 5.88. The second-order valence-electron chi connectivity index (χ2n) is 4.68. The van der Waals surface area contributed by atoms with Crippen LogP contribution in [-0.2, 0) is 6.42 Å². The predicted octanol–water partition coefficient (Wildman–Crippen LogP) is 2.34. The van der Waals surface area contributed by atoms with E-state index in [9.17, 15) is 0 Å². The minimum Gasteiger partial charge on any atom is -0.493 e. The van der Waals surface area contributed by atoms with Crippen molar-refractivity contribution >= 4 is 0 Å². The van der Waals surface area contributed by atoms with Crippen molar-refractivity contribution in [2.45, 2.75) is 26.7 Å². The van der Waals surface area contributed by atoms with E-state index in [4.69, 9.17) is 19.9 Å². The van der Waals surface area contributed by atoms with Crippen LogP contribution in [0.25, 0.3) is 0 Å². The fraction of sp³-hybridized carbons (Fsp3) is 0.571. The summed E-state index contributed by atoms with van der Waals surface area (Å²) in [6.45, 7) is 5.93. The van der Waals surface area contributed by atoms with Crippen LogP contribution in [0.4, 0.5) is 0 Å². The van der Waals surface area contributed by atoms with Crippen LogP contribution in [-0.4, -0.2) is 19.9 Å². The van der Waals surface area contributed by atoms with Gasteiger partial charge in [0.1, 0.15) is 5.75 Å². The normalized spacial score (nSPS) is 14.6. The molecule has 1 heterocycles. The minimum atomic E-state index is 0.284. The monoisotopic (exact) mass is 251 g/mol. The number of benzene rings is 1. The van der Waals surface area contributed by atoms with Gasteiger partial charge < -0.3 is 19.9 Å². The number of rotatable bonds is 6. The van der Waals surface area contributed by atoms with E-state index in [1.165, 1.54) is 0 Å². The third kappa shape index (κ3) is 2.88. The van der Waals surface area contributed by atoms with Gasteiger partial charge in [-0.25, -0.2) is 0 Å². The summed E-state index contributed by atoms with van der Waals surface area (Å²) in [6, 6.07) is 3.89. The van der Waals surface area contributed by atoms with Crippen molar-refractivity contribution in [3.8, 4) is 17.2 Å². The van der Waals surface area contributed by atoms with Crippen LogP contribution in [0, 0.1) is 5.92 Å². The summed E-state index contributed by atoms with van der Waals surface area (Å²) in [4.78, 5) is 0. The molecule has 1 aromatic rings. The predicted molar refractivity (Wildman–Crippen MR) is 70.3 cm³/mol. The standard InChI is InChI=1S/C14H21NO3/c1-3-10(2)8-16-12-7-14-13(17-9-18-14)6-11(12)4-5-15/h6-7,10H,3-5,8-9,15H2,1-2H3. The summed E-state index contributed by atoms with van der Waals surface area (Å²) < 4.78 is 16.6. The minimum absolute atomic E-state index is 0.284. The van der Waals surface area contributed by atoms with E-state index in [-0.39, 0.29) is 6.79 Å². The molecule has 0 saturated heterocycles. The molecular formula is C14H21NO3. The van der Waals surface area contributed by atoms with E-state index < -0.39 is 0 Å². The van der Waals surface area contributed by atoms with Crippen molar-refractivity contribution in [2.24, 2.45) is 11.7 Å². The highest BCUT2D eigenvalue weighted by Gasteiger charge is 2.18. The highest BCUT2D eigenvalue weighted by atomic mass is 16.7. The molecule has 0 aromatic heterocycles. The molecule has 1 unspecified atom stereocenters. The molecule has 1 aliphatic rings. The van der Waals surface area contributed by atoms with Crippen molar-refractivity contribution in [2.75, 3.05) is 19.9 Å². The first kappa shape index (κ1) is 13.0. The van der Waals surface area contributed by atoms with Crippen molar-refractivity contribution in [3.63, 3.8) is 0 Å². The second-order valence-corrected chi connectivity index (χ2v) is 4.68. The Balaban J connectivity index is 2.15. The van der Waals surface area contributed by atoms with Crippen LogP contribution < -0.4 is 19.9 Å². The highest BCUT2D eigenvalue weighted by Crippen LogP contribution is 2.38. The van der Waals surface area contributed by atoms with E-state index in [0.717, 1.165) is 35.7 Å². The summed E-state index contributed by atoms with van der Waals surface area (Å²) in [5.41, 5.74) is 6.72. The smallest absolute Gasteiger partial charge is 0.231 e. The van der Waals surface area contributed by atoms with Gasteiger partial charge in [-0.3, -0.25) is 0 Å². The molecule has 0 spiro atoms. The molecule has 0 fully saturated rings. The van der Waals surface area contributed by atoms with Gasteiger partial charge in [-0.05, 0) is 30.5 Å². The zero-order valence-electron chi connectivity index (χ0n) is 11.1. The third-order valence-electron chi connectivity index (χ3n) is 3.19. The Morgan fingerprint density at radius 1 is 1.33 bits per heavy atom. The molecule has 1 aromatic carbocycles. The van der Waals surface area contributed by atoms with Gasteiger partial charge in [-0.2, -0.15) is 0 Å². The average Bonchev–Trinajstić information content (AvgIpc) is 2.83. The number of hydrogen-bond acceptors (Lipinski definition) is 4. The first-order chi connectivity index (χ1) is 8.74. The van der Waals surface area contributed by atoms with Crippen LogP contribution >= 0.6 is 0 Å². The van der Waals surface area contributed by atoms with Gasteiger partial charge in [-0.15, -0.1) is 0 Å². The Hall–Kier alpha value is -1.42. The molecular weight excluding hydrogens is 230 g/mol. The van der Waals surface area contributed by atoms with Gasteiger partial charge >= 0.3 is 0 Å². The molecule has 0 amide bonds.